The van der Waals surface area contributed by atoms with E-state index in [1.54, 1.807) is 11.3 Å². The molecule has 0 aliphatic carbocycles. The molecule has 0 aliphatic rings. The van der Waals surface area contributed by atoms with E-state index in [1.165, 1.54) is 25.0 Å². The second-order valence-electron chi connectivity index (χ2n) is 4.20. The van der Waals surface area contributed by atoms with Crippen LogP contribution in [0, 0.1) is 0 Å². The topological polar surface area (TPSA) is 0 Å². The lowest BCUT2D eigenvalue weighted by molar-refractivity contribution is 0.882. The Balaban J connectivity index is 2.48. The third-order valence-electron chi connectivity index (χ3n) is 2.78. The summed E-state index contributed by atoms with van der Waals surface area (Å²) in [5, 5.41) is 1.35. The molecule has 82 valence electrons. The SMILES string of the molecule is CC(C)c1c(Cl)sc2c1sc1ccccc12. The molecular formula is C13H11ClS2. The average molecular weight is 267 g/mol. The van der Waals surface area contributed by atoms with Gasteiger partial charge < -0.3 is 0 Å². The van der Waals surface area contributed by atoms with Crippen molar-refractivity contribution in [3.63, 3.8) is 0 Å². The average Bonchev–Trinajstić information content (AvgIpc) is 2.71. The Kier molecular flexibility index (Phi) is 2.46. The minimum atomic E-state index is 0.495. The van der Waals surface area contributed by atoms with E-state index in [4.69, 9.17) is 11.6 Å². The molecule has 3 aromatic rings. The molecule has 0 amide bonds. The minimum absolute atomic E-state index is 0.495. The van der Waals surface area contributed by atoms with E-state index in [0.717, 1.165) is 4.34 Å². The second kappa shape index (κ2) is 3.73. The van der Waals surface area contributed by atoms with E-state index in [9.17, 15) is 0 Å². The zero-order valence-corrected chi connectivity index (χ0v) is 11.5. The highest BCUT2D eigenvalue weighted by atomic mass is 35.5. The van der Waals surface area contributed by atoms with Crippen LogP contribution in [0.25, 0.3) is 19.5 Å². The number of halogens is 1. The molecular weight excluding hydrogens is 256 g/mol. The van der Waals surface area contributed by atoms with Crippen LogP contribution in [0.5, 0.6) is 0 Å². The van der Waals surface area contributed by atoms with Crippen LogP contribution >= 0.6 is 34.3 Å². The molecule has 0 saturated carbocycles. The van der Waals surface area contributed by atoms with Gasteiger partial charge in [-0.1, -0.05) is 43.6 Å². The molecule has 0 N–H and O–H groups in total. The summed E-state index contributed by atoms with van der Waals surface area (Å²) in [6.07, 6.45) is 0. The predicted octanol–water partition coefficient (Wildman–Crippen LogP) is 5.89. The molecule has 0 nitrogen and oxygen atoms in total. The molecule has 1 aromatic carbocycles. The Bertz CT molecular complexity index is 661. The van der Waals surface area contributed by atoms with Crippen LogP contribution in [0.1, 0.15) is 25.3 Å². The fourth-order valence-electron chi connectivity index (χ4n) is 2.02. The van der Waals surface area contributed by atoms with Crippen LogP contribution in [0.2, 0.25) is 4.34 Å². The maximum absolute atomic E-state index is 6.33. The van der Waals surface area contributed by atoms with Gasteiger partial charge in [-0.05, 0) is 12.0 Å². The highest BCUT2D eigenvalue weighted by Crippen LogP contribution is 2.47. The fourth-order valence-corrected chi connectivity index (χ4v) is 5.42. The normalized spacial score (nSPS) is 12.0. The van der Waals surface area contributed by atoms with Crippen LogP contribution in [0.3, 0.4) is 0 Å². The predicted molar refractivity (Wildman–Crippen MR) is 76.3 cm³/mol. The molecule has 3 rings (SSSR count). The van der Waals surface area contributed by atoms with Gasteiger partial charge in [-0.25, -0.2) is 0 Å². The largest absolute Gasteiger partial charge is 0.134 e. The van der Waals surface area contributed by atoms with Crippen LogP contribution in [0.15, 0.2) is 24.3 Å². The highest BCUT2D eigenvalue weighted by Gasteiger charge is 2.17. The Morgan fingerprint density at radius 2 is 1.81 bits per heavy atom. The summed E-state index contributed by atoms with van der Waals surface area (Å²) in [4.78, 5) is 0. The van der Waals surface area contributed by atoms with Gasteiger partial charge in [-0.3, -0.25) is 0 Å². The molecule has 0 fully saturated rings. The van der Waals surface area contributed by atoms with Gasteiger partial charge in [0.1, 0.15) is 0 Å². The van der Waals surface area contributed by atoms with Crippen LogP contribution in [-0.2, 0) is 0 Å². The lowest BCUT2D eigenvalue weighted by Gasteiger charge is -2.01. The summed E-state index contributed by atoms with van der Waals surface area (Å²) >= 11 is 9.91. The summed E-state index contributed by atoms with van der Waals surface area (Å²) in [5.41, 5.74) is 1.32. The summed E-state index contributed by atoms with van der Waals surface area (Å²) in [5.74, 6) is 0.495. The molecule has 0 radical (unpaired) electrons. The smallest absolute Gasteiger partial charge is 0.0984 e. The first kappa shape index (κ1) is 10.6. The van der Waals surface area contributed by atoms with Crippen molar-refractivity contribution in [1.82, 2.24) is 0 Å². The first-order valence-corrected chi connectivity index (χ1v) is 7.29. The summed E-state index contributed by atoms with van der Waals surface area (Å²) in [6.45, 7) is 4.41. The highest BCUT2D eigenvalue weighted by molar-refractivity contribution is 7.34. The molecule has 2 heterocycles. The van der Waals surface area contributed by atoms with Gasteiger partial charge in [0.15, 0.2) is 0 Å². The monoisotopic (exact) mass is 266 g/mol. The molecule has 0 atom stereocenters. The van der Waals surface area contributed by atoms with Crippen LogP contribution in [-0.4, -0.2) is 0 Å². The zero-order chi connectivity index (χ0) is 11.3. The standard InChI is InChI=1S/C13H11ClS2/c1-7(2)10-12-11(16-13(10)14)8-5-3-4-6-9(8)15-12/h3-7H,1-2H3. The van der Waals surface area contributed by atoms with Crippen molar-refractivity contribution >= 4 is 53.8 Å². The number of hydrogen-bond acceptors (Lipinski definition) is 2. The van der Waals surface area contributed by atoms with Crippen molar-refractivity contribution in [2.45, 2.75) is 19.8 Å². The first-order valence-electron chi connectivity index (χ1n) is 5.28. The lowest BCUT2D eigenvalue weighted by Crippen LogP contribution is -1.82. The molecule has 0 saturated heterocycles. The first-order chi connectivity index (χ1) is 7.68. The third kappa shape index (κ3) is 1.41. The summed E-state index contributed by atoms with van der Waals surface area (Å²) < 4.78 is 5.06. The van der Waals surface area contributed by atoms with Crippen molar-refractivity contribution < 1.29 is 0 Å². The minimum Gasteiger partial charge on any atom is -0.134 e. The van der Waals surface area contributed by atoms with Gasteiger partial charge in [0.05, 0.1) is 13.7 Å². The van der Waals surface area contributed by atoms with Gasteiger partial charge in [-0.2, -0.15) is 0 Å². The third-order valence-corrected chi connectivity index (χ3v) is 5.57. The summed E-state index contributed by atoms with van der Waals surface area (Å²) in [7, 11) is 0. The molecule has 0 unspecified atom stereocenters. The molecule has 2 aromatic heterocycles. The number of thiophene rings is 2. The van der Waals surface area contributed by atoms with E-state index in [0.29, 0.717) is 5.92 Å². The second-order valence-corrected chi connectivity index (χ2v) is 6.88. The van der Waals surface area contributed by atoms with E-state index in [2.05, 4.69) is 38.1 Å². The fraction of sp³-hybridized carbons (Fsp3) is 0.231. The molecule has 0 aliphatic heterocycles. The lowest BCUT2D eigenvalue weighted by atomic mass is 10.1. The maximum Gasteiger partial charge on any atom is 0.0984 e. The van der Waals surface area contributed by atoms with Crippen molar-refractivity contribution in [1.29, 1.82) is 0 Å². The van der Waals surface area contributed by atoms with Crippen molar-refractivity contribution in [3.05, 3.63) is 34.2 Å². The molecule has 16 heavy (non-hydrogen) atoms. The molecule has 3 heteroatoms. The Morgan fingerprint density at radius 1 is 1.06 bits per heavy atom. The van der Waals surface area contributed by atoms with E-state index >= 15 is 0 Å². The van der Waals surface area contributed by atoms with Crippen LogP contribution < -0.4 is 0 Å². The number of fused-ring (bicyclic) bond motifs is 3. The zero-order valence-electron chi connectivity index (χ0n) is 9.08. The Morgan fingerprint density at radius 3 is 2.56 bits per heavy atom. The quantitative estimate of drug-likeness (QED) is 0.515. The number of rotatable bonds is 1. The van der Waals surface area contributed by atoms with Gasteiger partial charge in [0, 0.05) is 15.6 Å². The van der Waals surface area contributed by atoms with Gasteiger partial charge in [-0.15, -0.1) is 22.7 Å². The van der Waals surface area contributed by atoms with E-state index < -0.39 is 0 Å². The van der Waals surface area contributed by atoms with E-state index in [-0.39, 0.29) is 0 Å². The maximum atomic E-state index is 6.33. The number of hydrogen-bond donors (Lipinski definition) is 0. The number of benzene rings is 1. The van der Waals surface area contributed by atoms with Crippen molar-refractivity contribution in [2.75, 3.05) is 0 Å². The summed E-state index contributed by atoms with van der Waals surface area (Å²) in [6, 6.07) is 8.56. The Hall–Kier alpha value is -0.570. The van der Waals surface area contributed by atoms with Gasteiger partial charge >= 0.3 is 0 Å². The van der Waals surface area contributed by atoms with E-state index in [1.807, 2.05) is 11.3 Å². The molecule has 0 bridgehead atoms. The van der Waals surface area contributed by atoms with Crippen molar-refractivity contribution in [2.24, 2.45) is 0 Å². The van der Waals surface area contributed by atoms with Crippen molar-refractivity contribution in [3.8, 4) is 0 Å². The van der Waals surface area contributed by atoms with Crippen LogP contribution in [0.4, 0.5) is 0 Å². The Labute approximate surface area is 107 Å². The molecule has 0 spiro atoms. The van der Waals surface area contributed by atoms with Gasteiger partial charge in [0.2, 0.25) is 0 Å². The van der Waals surface area contributed by atoms with Gasteiger partial charge in [0.25, 0.3) is 0 Å².